The number of rotatable bonds is 10. The minimum Gasteiger partial charge on any atom is -0.366 e. The van der Waals surface area contributed by atoms with Gasteiger partial charge in [-0.3, -0.25) is 9.59 Å². The zero-order valence-corrected chi connectivity index (χ0v) is 15.5. The SMILES string of the molecule is C=CC(N)=O.CCCCCCCCC(=O)OS(=O)(=O)c1ccccc1. The zero-order chi connectivity index (χ0) is 19.1. The van der Waals surface area contributed by atoms with Crippen molar-refractivity contribution in [3.8, 4) is 0 Å². The predicted octanol–water partition coefficient (Wildman–Crippen LogP) is 3.33. The summed E-state index contributed by atoms with van der Waals surface area (Å²) in [5.41, 5.74) is 4.53. The molecule has 0 aliphatic carbocycles. The van der Waals surface area contributed by atoms with Gasteiger partial charge in [0.1, 0.15) is 4.90 Å². The molecule has 1 aromatic carbocycles. The Morgan fingerprint density at radius 1 is 1.08 bits per heavy atom. The van der Waals surface area contributed by atoms with Gasteiger partial charge in [0, 0.05) is 6.42 Å². The van der Waals surface area contributed by atoms with Crippen LogP contribution in [-0.2, 0) is 23.9 Å². The first-order valence-electron chi connectivity index (χ1n) is 8.27. The number of carbonyl (C=O) groups excluding carboxylic acids is 2. The van der Waals surface area contributed by atoms with E-state index in [1.54, 1.807) is 18.2 Å². The van der Waals surface area contributed by atoms with E-state index in [0.29, 0.717) is 6.42 Å². The highest BCUT2D eigenvalue weighted by molar-refractivity contribution is 7.87. The van der Waals surface area contributed by atoms with Gasteiger partial charge < -0.3 is 9.92 Å². The van der Waals surface area contributed by atoms with Crippen LogP contribution in [0, 0.1) is 0 Å². The van der Waals surface area contributed by atoms with Gasteiger partial charge in [0.05, 0.1) is 0 Å². The molecule has 1 rings (SSSR count). The van der Waals surface area contributed by atoms with Crippen molar-refractivity contribution in [1.82, 2.24) is 0 Å². The highest BCUT2D eigenvalue weighted by atomic mass is 32.2. The van der Waals surface area contributed by atoms with Crippen LogP contribution >= 0.6 is 0 Å². The number of carbonyl (C=O) groups is 2. The first-order valence-corrected chi connectivity index (χ1v) is 9.68. The van der Waals surface area contributed by atoms with E-state index in [-0.39, 0.29) is 11.3 Å². The summed E-state index contributed by atoms with van der Waals surface area (Å²) in [6, 6.07) is 7.71. The number of unbranched alkanes of at least 4 members (excludes halogenated alkanes) is 5. The second kappa shape index (κ2) is 13.2. The molecule has 0 unspecified atom stereocenters. The molecule has 0 saturated carbocycles. The Kier molecular flexibility index (Phi) is 12.0. The summed E-state index contributed by atoms with van der Waals surface area (Å²) in [6.07, 6.45) is 7.43. The van der Waals surface area contributed by atoms with E-state index < -0.39 is 22.0 Å². The monoisotopic (exact) mass is 369 g/mol. The number of nitrogens with two attached hydrogens (primary N) is 1. The molecule has 0 fully saturated rings. The summed E-state index contributed by atoms with van der Waals surface area (Å²) in [4.78, 5) is 21.0. The summed E-state index contributed by atoms with van der Waals surface area (Å²) in [7, 11) is -3.96. The molecule has 0 radical (unpaired) electrons. The third-order valence-corrected chi connectivity index (χ3v) is 4.42. The Morgan fingerprint density at radius 2 is 1.60 bits per heavy atom. The maximum absolute atomic E-state index is 11.8. The summed E-state index contributed by atoms with van der Waals surface area (Å²) >= 11 is 0. The van der Waals surface area contributed by atoms with Gasteiger partial charge >= 0.3 is 16.1 Å². The lowest BCUT2D eigenvalue weighted by Crippen LogP contribution is -2.13. The van der Waals surface area contributed by atoms with Crippen molar-refractivity contribution in [2.45, 2.75) is 56.8 Å². The number of hydrogen-bond acceptors (Lipinski definition) is 5. The van der Waals surface area contributed by atoms with Crippen LogP contribution in [0.15, 0.2) is 47.9 Å². The number of hydrogen-bond donors (Lipinski definition) is 1. The average molecular weight is 369 g/mol. The summed E-state index contributed by atoms with van der Waals surface area (Å²) in [5, 5.41) is 0. The molecule has 7 heteroatoms. The van der Waals surface area contributed by atoms with E-state index in [4.69, 9.17) is 0 Å². The van der Waals surface area contributed by atoms with Crippen molar-refractivity contribution in [3.05, 3.63) is 43.0 Å². The van der Waals surface area contributed by atoms with Crippen LogP contribution in [-0.4, -0.2) is 20.3 Å². The van der Waals surface area contributed by atoms with Crippen molar-refractivity contribution in [3.63, 3.8) is 0 Å². The maximum atomic E-state index is 11.8. The molecule has 25 heavy (non-hydrogen) atoms. The van der Waals surface area contributed by atoms with E-state index in [1.165, 1.54) is 25.0 Å². The van der Waals surface area contributed by atoms with Gasteiger partial charge in [-0.15, -0.1) is 0 Å². The highest BCUT2D eigenvalue weighted by Gasteiger charge is 2.19. The van der Waals surface area contributed by atoms with Gasteiger partial charge in [-0.2, -0.15) is 8.42 Å². The second-order valence-corrected chi connectivity index (χ2v) is 6.89. The molecule has 6 nitrogen and oxygen atoms in total. The fourth-order valence-corrected chi connectivity index (χ4v) is 2.76. The van der Waals surface area contributed by atoms with Crippen molar-refractivity contribution in [2.24, 2.45) is 5.73 Å². The van der Waals surface area contributed by atoms with Crippen LogP contribution < -0.4 is 5.73 Å². The van der Waals surface area contributed by atoms with Gasteiger partial charge in [0.15, 0.2) is 0 Å². The van der Waals surface area contributed by atoms with Crippen LogP contribution in [0.3, 0.4) is 0 Å². The lowest BCUT2D eigenvalue weighted by Gasteiger charge is -2.05. The lowest BCUT2D eigenvalue weighted by molar-refractivity contribution is -0.134. The molecule has 1 aromatic rings. The highest BCUT2D eigenvalue weighted by Crippen LogP contribution is 2.13. The molecule has 0 saturated heterocycles. The van der Waals surface area contributed by atoms with Crippen LogP contribution in [0.25, 0.3) is 0 Å². The third-order valence-electron chi connectivity index (χ3n) is 3.17. The van der Waals surface area contributed by atoms with E-state index in [0.717, 1.165) is 25.3 Å². The van der Waals surface area contributed by atoms with Gasteiger partial charge in [0.2, 0.25) is 5.91 Å². The topological polar surface area (TPSA) is 104 Å². The van der Waals surface area contributed by atoms with Gasteiger partial charge in [0.25, 0.3) is 0 Å². The minimum atomic E-state index is -3.96. The number of primary amides is 1. The molecule has 2 N–H and O–H groups in total. The normalized spacial score (nSPS) is 10.3. The molecular formula is C18H27NO5S. The maximum Gasteiger partial charge on any atom is 0.341 e. The van der Waals surface area contributed by atoms with E-state index >= 15 is 0 Å². The van der Waals surface area contributed by atoms with Crippen LogP contribution in [0.2, 0.25) is 0 Å². The molecular weight excluding hydrogens is 342 g/mol. The largest absolute Gasteiger partial charge is 0.366 e. The predicted molar refractivity (Wildman–Crippen MR) is 97.1 cm³/mol. The van der Waals surface area contributed by atoms with Crippen molar-refractivity contribution in [2.75, 3.05) is 0 Å². The summed E-state index contributed by atoms with van der Waals surface area (Å²) in [5.74, 6) is -1.16. The number of amides is 1. The summed E-state index contributed by atoms with van der Waals surface area (Å²) in [6.45, 7) is 5.23. The fourth-order valence-electron chi connectivity index (χ4n) is 1.85. The third kappa shape index (κ3) is 11.9. The Balaban J connectivity index is 0.00000101. The molecule has 0 aliphatic rings. The zero-order valence-electron chi connectivity index (χ0n) is 14.6. The first kappa shape index (κ1) is 22.9. The van der Waals surface area contributed by atoms with Crippen LogP contribution in [0.1, 0.15) is 51.9 Å². The van der Waals surface area contributed by atoms with Crippen molar-refractivity contribution >= 4 is 22.0 Å². The molecule has 1 amide bonds. The second-order valence-electron chi connectivity index (χ2n) is 5.35. The Morgan fingerprint density at radius 3 is 2.12 bits per heavy atom. The molecule has 0 spiro atoms. The Labute approximate surface area is 150 Å². The first-order chi connectivity index (χ1) is 11.8. The molecule has 0 bridgehead atoms. The van der Waals surface area contributed by atoms with E-state index in [9.17, 15) is 18.0 Å². The van der Waals surface area contributed by atoms with Crippen molar-refractivity contribution in [1.29, 1.82) is 0 Å². The molecule has 0 atom stereocenters. The van der Waals surface area contributed by atoms with Gasteiger partial charge in [-0.25, -0.2) is 0 Å². The summed E-state index contributed by atoms with van der Waals surface area (Å²) < 4.78 is 28.1. The molecule has 0 aliphatic heterocycles. The quantitative estimate of drug-likeness (QED) is 0.387. The average Bonchev–Trinajstić information content (AvgIpc) is 2.59. The standard InChI is InChI=1S/C15H22O4S.C3H5NO/c1-2-3-4-5-6-10-13-15(16)19-20(17,18)14-11-8-7-9-12-14;1-2-3(4)5/h7-9,11-12H,2-6,10,13H2,1H3;2H,1H2,(H2,4,5). The van der Waals surface area contributed by atoms with Crippen LogP contribution in [0.5, 0.6) is 0 Å². The van der Waals surface area contributed by atoms with Gasteiger partial charge in [-0.1, -0.05) is 63.8 Å². The number of benzene rings is 1. The van der Waals surface area contributed by atoms with Crippen LogP contribution in [0.4, 0.5) is 0 Å². The lowest BCUT2D eigenvalue weighted by atomic mass is 10.1. The molecule has 0 aromatic heterocycles. The Hall–Kier alpha value is -2.15. The van der Waals surface area contributed by atoms with E-state index in [2.05, 4.69) is 23.4 Å². The Bertz CT molecular complexity index is 626. The van der Waals surface area contributed by atoms with Crippen molar-refractivity contribution < 1.29 is 22.2 Å². The fraction of sp³-hybridized carbons (Fsp3) is 0.444. The smallest absolute Gasteiger partial charge is 0.341 e. The molecule has 0 heterocycles. The van der Waals surface area contributed by atoms with Gasteiger partial charge in [-0.05, 0) is 24.6 Å². The van der Waals surface area contributed by atoms with E-state index in [1.807, 2.05) is 0 Å². The minimum absolute atomic E-state index is 0.0105. The molecule has 140 valence electrons.